The van der Waals surface area contributed by atoms with Gasteiger partial charge in [0.25, 0.3) is 5.91 Å². The lowest BCUT2D eigenvalue weighted by Gasteiger charge is -2.04. The molecule has 82 valence electrons. The van der Waals surface area contributed by atoms with Gasteiger partial charge in [-0.05, 0) is 11.6 Å². The maximum atomic E-state index is 11.5. The lowest BCUT2D eigenvalue weighted by Crippen LogP contribution is -2.23. The minimum Gasteiger partial charge on any atom is -0.451 e. The summed E-state index contributed by atoms with van der Waals surface area (Å²) in [6, 6.07) is 7.33. The molecular formula is C11H9ClN2O2. The van der Waals surface area contributed by atoms with E-state index in [1.165, 1.54) is 12.7 Å². The van der Waals surface area contributed by atoms with Gasteiger partial charge in [-0.15, -0.1) is 0 Å². The fraction of sp³-hybridized carbons (Fsp3) is 0.0909. The average Bonchev–Trinajstić information content (AvgIpc) is 2.81. The van der Waals surface area contributed by atoms with Crippen LogP contribution in [0.15, 0.2) is 41.3 Å². The quantitative estimate of drug-likeness (QED) is 0.889. The molecule has 16 heavy (non-hydrogen) atoms. The van der Waals surface area contributed by atoms with Gasteiger partial charge in [0, 0.05) is 11.6 Å². The summed E-state index contributed by atoms with van der Waals surface area (Å²) in [6.45, 7) is 0.366. The van der Waals surface area contributed by atoms with E-state index in [9.17, 15) is 4.79 Å². The van der Waals surface area contributed by atoms with E-state index >= 15 is 0 Å². The predicted molar refractivity (Wildman–Crippen MR) is 59.1 cm³/mol. The molecule has 0 bridgehead atoms. The van der Waals surface area contributed by atoms with E-state index < -0.39 is 0 Å². The molecule has 4 nitrogen and oxygen atoms in total. The van der Waals surface area contributed by atoms with E-state index in [0.29, 0.717) is 11.6 Å². The first kappa shape index (κ1) is 10.7. The Hall–Kier alpha value is -1.81. The molecule has 0 spiro atoms. The fourth-order valence-electron chi connectivity index (χ4n) is 1.23. The molecule has 0 radical (unpaired) electrons. The minimum absolute atomic E-state index is 0.257. The highest BCUT2D eigenvalue weighted by Crippen LogP contribution is 2.14. The third kappa shape index (κ3) is 2.41. The van der Waals surface area contributed by atoms with Gasteiger partial charge >= 0.3 is 0 Å². The van der Waals surface area contributed by atoms with Gasteiger partial charge in [-0.2, -0.15) is 0 Å². The zero-order valence-electron chi connectivity index (χ0n) is 8.31. The third-order valence-corrected chi connectivity index (χ3v) is 2.43. The number of halogens is 1. The second-order valence-electron chi connectivity index (χ2n) is 3.15. The maximum Gasteiger partial charge on any atom is 0.273 e. The molecule has 0 atom stereocenters. The minimum atomic E-state index is -0.284. The number of rotatable bonds is 3. The summed E-state index contributed by atoms with van der Waals surface area (Å²) in [5, 5.41) is 3.32. The Morgan fingerprint density at radius 2 is 2.25 bits per heavy atom. The Labute approximate surface area is 97.2 Å². The SMILES string of the molecule is O=C(NCc1ccccc1Cl)c1cocn1. The molecule has 1 N–H and O–H groups in total. The van der Waals surface area contributed by atoms with Gasteiger partial charge < -0.3 is 9.73 Å². The van der Waals surface area contributed by atoms with Crippen molar-refractivity contribution in [1.82, 2.24) is 10.3 Å². The van der Waals surface area contributed by atoms with E-state index in [2.05, 4.69) is 10.3 Å². The van der Waals surface area contributed by atoms with E-state index in [1.807, 2.05) is 18.2 Å². The second kappa shape index (κ2) is 4.81. The molecule has 5 heteroatoms. The van der Waals surface area contributed by atoms with E-state index in [0.717, 1.165) is 5.56 Å². The Morgan fingerprint density at radius 1 is 1.44 bits per heavy atom. The first-order valence-corrected chi connectivity index (χ1v) is 5.05. The molecule has 1 heterocycles. The molecule has 2 aromatic rings. The lowest BCUT2D eigenvalue weighted by molar-refractivity contribution is 0.0946. The molecule has 0 unspecified atom stereocenters. The van der Waals surface area contributed by atoms with Crippen LogP contribution < -0.4 is 5.32 Å². The molecule has 0 aliphatic carbocycles. The Morgan fingerprint density at radius 3 is 2.94 bits per heavy atom. The van der Waals surface area contributed by atoms with Crippen molar-refractivity contribution in [2.24, 2.45) is 0 Å². The number of nitrogens with zero attached hydrogens (tertiary/aromatic N) is 1. The van der Waals surface area contributed by atoms with Crippen molar-refractivity contribution < 1.29 is 9.21 Å². The third-order valence-electron chi connectivity index (χ3n) is 2.06. The first-order chi connectivity index (χ1) is 7.77. The second-order valence-corrected chi connectivity index (χ2v) is 3.55. The van der Waals surface area contributed by atoms with Gasteiger partial charge in [0.2, 0.25) is 0 Å². The van der Waals surface area contributed by atoms with Crippen molar-refractivity contribution in [2.45, 2.75) is 6.54 Å². The van der Waals surface area contributed by atoms with E-state index in [4.69, 9.17) is 16.0 Å². The number of amides is 1. The molecule has 0 aliphatic heterocycles. The van der Waals surface area contributed by atoms with Crippen molar-refractivity contribution in [1.29, 1.82) is 0 Å². The molecule has 1 aromatic heterocycles. The van der Waals surface area contributed by atoms with Gasteiger partial charge in [-0.25, -0.2) is 4.98 Å². The number of benzene rings is 1. The van der Waals surface area contributed by atoms with Gasteiger partial charge in [0.05, 0.1) is 0 Å². The van der Waals surface area contributed by atoms with Crippen molar-refractivity contribution in [3.63, 3.8) is 0 Å². The number of hydrogen-bond donors (Lipinski definition) is 1. The molecular weight excluding hydrogens is 228 g/mol. The standard InChI is InChI=1S/C11H9ClN2O2/c12-9-4-2-1-3-8(9)5-13-11(15)10-6-16-7-14-10/h1-4,6-7H,5H2,(H,13,15). The Balaban J connectivity index is 1.98. The highest BCUT2D eigenvalue weighted by Gasteiger charge is 2.08. The zero-order valence-corrected chi connectivity index (χ0v) is 9.07. The Kier molecular flexibility index (Phi) is 3.22. The topological polar surface area (TPSA) is 55.1 Å². The largest absolute Gasteiger partial charge is 0.451 e. The van der Waals surface area contributed by atoms with E-state index in [-0.39, 0.29) is 11.6 Å². The first-order valence-electron chi connectivity index (χ1n) is 4.67. The van der Waals surface area contributed by atoms with Crippen LogP contribution in [0.25, 0.3) is 0 Å². The van der Waals surface area contributed by atoms with E-state index in [1.54, 1.807) is 6.07 Å². The molecule has 1 amide bonds. The summed E-state index contributed by atoms with van der Waals surface area (Å²) in [5.74, 6) is -0.284. The van der Waals surface area contributed by atoms with Crippen LogP contribution in [0, 0.1) is 0 Å². The van der Waals surface area contributed by atoms with Gasteiger partial charge in [0.1, 0.15) is 6.26 Å². The summed E-state index contributed by atoms with van der Waals surface area (Å²) in [7, 11) is 0. The highest BCUT2D eigenvalue weighted by atomic mass is 35.5. The van der Waals surface area contributed by atoms with Crippen LogP contribution in [0.3, 0.4) is 0 Å². The molecule has 0 saturated heterocycles. The molecule has 0 fully saturated rings. The number of carbonyl (C=O) groups excluding carboxylic acids is 1. The number of aromatic nitrogens is 1. The normalized spacial score (nSPS) is 10.1. The fourth-order valence-corrected chi connectivity index (χ4v) is 1.44. The molecule has 0 aliphatic rings. The summed E-state index contributed by atoms with van der Waals surface area (Å²) in [5.41, 5.74) is 1.12. The van der Waals surface area contributed by atoms with Crippen molar-refractivity contribution >= 4 is 17.5 Å². The molecule has 1 aromatic carbocycles. The number of oxazole rings is 1. The molecule has 0 saturated carbocycles. The van der Waals surface area contributed by atoms with Crippen molar-refractivity contribution in [3.8, 4) is 0 Å². The van der Waals surface area contributed by atoms with Crippen LogP contribution in [0.1, 0.15) is 16.1 Å². The summed E-state index contributed by atoms with van der Waals surface area (Å²) in [4.78, 5) is 15.3. The van der Waals surface area contributed by atoms with Crippen molar-refractivity contribution in [2.75, 3.05) is 0 Å². The smallest absolute Gasteiger partial charge is 0.273 e. The predicted octanol–water partition coefficient (Wildman–Crippen LogP) is 2.26. The van der Waals surface area contributed by atoms with Gasteiger partial charge in [0.15, 0.2) is 12.1 Å². The van der Waals surface area contributed by atoms with Crippen molar-refractivity contribution in [3.05, 3.63) is 53.2 Å². The van der Waals surface area contributed by atoms with Gasteiger partial charge in [-0.3, -0.25) is 4.79 Å². The number of hydrogen-bond acceptors (Lipinski definition) is 3. The average molecular weight is 237 g/mol. The van der Waals surface area contributed by atoms with Crippen LogP contribution in [-0.4, -0.2) is 10.9 Å². The summed E-state index contributed by atoms with van der Waals surface area (Å²) in [6.07, 6.45) is 2.51. The highest BCUT2D eigenvalue weighted by molar-refractivity contribution is 6.31. The van der Waals surface area contributed by atoms with Crippen LogP contribution >= 0.6 is 11.6 Å². The van der Waals surface area contributed by atoms with Gasteiger partial charge in [-0.1, -0.05) is 29.8 Å². The Bertz CT molecular complexity index is 482. The maximum absolute atomic E-state index is 11.5. The van der Waals surface area contributed by atoms with Crippen LogP contribution in [0.5, 0.6) is 0 Å². The van der Waals surface area contributed by atoms with Crippen LogP contribution in [-0.2, 0) is 6.54 Å². The number of carbonyl (C=O) groups is 1. The number of nitrogens with one attached hydrogen (secondary N) is 1. The zero-order chi connectivity index (χ0) is 11.4. The monoisotopic (exact) mass is 236 g/mol. The lowest BCUT2D eigenvalue weighted by atomic mass is 10.2. The molecule has 2 rings (SSSR count). The van der Waals surface area contributed by atoms with Crippen LogP contribution in [0.2, 0.25) is 5.02 Å². The van der Waals surface area contributed by atoms with Crippen LogP contribution in [0.4, 0.5) is 0 Å². The summed E-state index contributed by atoms with van der Waals surface area (Å²) < 4.78 is 4.71. The summed E-state index contributed by atoms with van der Waals surface area (Å²) >= 11 is 5.95.